The number of aryl methyl sites for hydroxylation is 1. The van der Waals surface area contributed by atoms with E-state index in [1.807, 2.05) is 29.8 Å². The number of methoxy groups -OCH3 is 1. The summed E-state index contributed by atoms with van der Waals surface area (Å²) < 4.78 is 12.6. The van der Waals surface area contributed by atoms with Gasteiger partial charge in [0.2, 0.25) is 5.91 Å². The average molecular weight is 415 g/mol. The fourth-order valence-corrected chi connectivity index (χ4v) is 4.36. The number of hydrogen-bond donors (Lipinski definition) is 1. The Morgan fingerprint density at radius 1 is 1.23 bits per heavy atom. The van der Waals surface area contributed by atoms with Crippen molar-refractivity contribution in [2.45, 2.75) is 19.3 Å². The summed E-state index contributed by atoms with van der Waals surface area (Å²) in [6, 6.07) is 5.72. The van der Waals surface area contributed by atoms with Gasteiger partial charge < -0.3 is 24.3 Å². The Kier molecular flexibility index (Phi) is 6.24. The molecule has 1 aromatic carbocycles. The smallest absolute Gasteiger partial charge is 0.270 e. The van der Waals surface area contributed by atoms with E-state index in [4.69, 9.17) is 9.47 Å². The standard InChI is InChI=1S/C22H30N4O4/c1-24-18-7-6-16(29-2)15-17(18)20(26-10-3-5-19(26)27)21(24)22(28)23-8-4-9-25-11-13-30-14-12-25/h6-7,15H,3-5,8-14H2,1-2H3,(H,23,28). The van der Waals surface area contributed by atoms with Gasteiger partial charge in [0.15, 0.2) is 0 Å². The summed E-state index contributed by atoms with van der Waals surface area (Å²) in [6.45, 7) is 5.60. The van der Waals surface area contributed by atoms with E-state index in [-0.39, 0.29) is 11.8 Å². The molecule has 0 spiro atoms. The summed E-state index contributed by atoms with van der Waals surface area (Å²) in [5.74, 6) is 0.620. The molecule has 2 aromatic rings. The zero-order valence-corrected chi connectivity index (χ0v) is 17.8. The van der Waals surface area contributed by atoms with Gasteiger partial charge in [0, 0.05) is 45.0 Å². The van der Waals surface area contributed by atoms with Crippen molar-refractivity contribution < 1.29 is 19.1 Å². The first kappa shape index (κ1) is 20.7. The number of hydrogen-bond acceptors (Lipinski definition) is 5. The fourth-order valence-electron chi connectivity index (χ4n) is 4.36. The van der Waals surface area contributed by atoms with E-state index in [9.17, 15) is 9.59 Å². The van der Waals surface area contributed by atoms with Crippen molar-refractivity contribution in [3.63, 3.8) is 0 Å². The van der Waals surface area contributed by atoms with Crippen molar-refractivity contribution in [3.8, 4) is 5.75 Å². The minimum atomic E-state index is -0.149. The number of aromatic nitrogens is 1. The van der Waals surface area contributed by atoms with E-state index in [1.54, 1.807) is 12.0 Å². The number of carbonyl (C=O) groups excluding carboxylic acids is 2. The largest absolute Gasteiger partial charge is 0.497 e. The van der Waals surface area contributed by atoms with E-state index in [1.165, 1.54) is 0 Å². The summed E-state index contributed by atoms with van der Waals surface area (Å²) in [6.07, 6.45) is 2.20. The van der Waals surface area contributed by atoms with Crippen LogP contribution in [0.15, 0.2) is 18.2 Å². The number of benzene rings is 1. The van der Waals surface area contributed by atoms with E-state index < -0.39 is 0 Å². The Balaban J connectivity index is 1.56. The van der Waals surface area contributed by atoms with Gasteiger partial charge in [-0.15, -0.1) is 0 Å². The summed E-state index contributed by atoms with van der Waals surface area (Å²) in [7, 11) is 3.49. The lowest BCUT2D eigenvalue weighted by Crippen LogP contribution is -2.38. The maximum Gasteiger partial charge on any atom is 0.270 e. The number of ether oxygens (including phenoxy) is 2. The summed E-state index contributed by atoms with van der Waals surface area (Å²) in [5.41, 5.74) is 2.13. The summed E-state index contributed by atoms with van der Waals surface area (Å²) in [5, 5.41) is 3.93. The summed E-state index contributed by atoms with van der Waals surface area (Å²) in [4.78, 5) is 29.8. The predicted molar refractivity (Wildman–Crippen MR) is 115 cm³/mol. The maximum atomic E-state index is 13.2. The molecule has 2 aliphatic rings. The highest BCUT2D eigenvalue weighted by Gasteiger charge is 2.31. The fraction of sp³-hybridized carbons (Fsp3) is 0.545. The van der Waals surface area contributed by atoms with Gasteiger partial charge in [-0.1, -0.05) is 0 Å². The Hall–Kier alpha value is -2.58. The van der Waals surface area contributed by atoms with Crippen LogP contribution in [0, 0.1) is 0 Å². The molecule has 162 valence electrons. The second-order valence-corrected chi connectivity index (χ2v) is 7.85. The van der Waals surface area contributed by atoms with Crippen LogP contribution in [-0.2, 0) is 16.6 Å². The molecule has 1 N–H and O–H groups in total. The molecule has 0 bridgehead atoms. The maximum absolute atomic E-state index is 13.2. The lowest BCUT2D eigenvalue weighted by atomic mass is 10.2. The minimum Gasteiger partial charge on any atom is -0.497 e. The van der Waals surface area contributed by atoms with Gasteiger partial charge >= 0.3 is 0 Å². The Labute approximate surface area is 176 Å². The quantitative estimate of drug-likeness (QED) is 0.699. The van der Waals surface area contributed by atoms with Gasteiger partial charge in [0.25, 0.3) is 5.91 Å². The molecular formula is C22H30N4O4. The van der Waals surface area contributed by atoms with E-state index >= 15 is 0 Å². The molecule has 2 aliphatic heterocycles. The molecule has 8 heteroatoms. The third-order valence-electron chi connectivity index (χ3n) is 5.98. The molecular weight excluding hydrogens is 384 g/mol. The second kappa shape index (κ2) is 9.06. The number of anilines is 1. The van der Waals surface area contributed by atoms with Gasteiger partial charge in [0.05, 0.1) is 31.5 Å². The average Bonchev–Trinajstić information content (AvgIpc) is 3.31. The van der Waals surface area contributed by atoms with Crippen LogP contribution in [0.3, 0.4) is 0 Å². The predicted octanol–water partition coefficient (Wildman–Crippen LogP) is 1.77. The van der Waals surface area contributed by atoms with Gasteiger partial charge in [-0.2, -0.15) is 0 Å². The third kappa shape index (κ3) is 4.02. The van der Waals surface area contributed by atoms with Crippen LogP contribution in [-0.4, -0.2) is 74.3 Å². The van der Waals surface area contributed by atoms with Crippen molar-refractivity contribution in [2.75, 3.05) is 57.9 Å². The van der Waals surface area contributed by atoms with Gasteiger partial charge in [-0.25, -0.2) is 0 Å². The van der Waals surface area contributed by atoms with E-state index in [2.05, 4.69) is 10.2 Å². The molecule has 0 aliphatic carbocycles. The number of fused-ring (bicyclic) bond motifs is 1. The van der Waals surface area contributed by atoms with Crippen molar-refractivity contribution in [2.24, 2.45) is 7.05 Å². The van der Waals surface area contributed by atoms with Crippen LogP contribution in [0.2, 0.25) is 0 Å². The van der Waals surface area contributed by atoms with Crippen molar-refractivity contribution in [3.05, 3.63) is 23.9 Å². The number of amides is 2. The molecule has 0 unspecified atom stereocenters. The molecule has 30 heavy (non-hydrogen) atoms. The van der Waals surface area contributed by atoms with E-state index in [0.29, 0.717) is 36.6 Å². The zero-order valence-electron chi connectivity index (χ0n) is 17.8. The lowest BCUT2D eigenvalue weighted by molar-refractivity contribution is -0.117. The second-order valence-electron chi connectivity index (χ2n) is 7.85. The van der Waals surface area contributed by atoms with Crippen molar-refractivity contribution in [1.29, 1.82) is 0 Å². The Morgan fingerprint density at radius 3 is 2.73 bits per heavy atom. The van der Waals surface area contributed by atoms with Gasteiger partial charge in [-0.3, -0.25) is 14.5 Å². The van der Waals surface area contributed by atoms with Crippen LogP contribution < -0.4 is 15.0 Å². The topological polar surface area (TPSA) is 76.0 Å². The Bertz CT molecular complexity index is 933. The highest BCUT2D eigenvalue weighted by atomic mass is 16.5. The first-order chi connectivity index (χ1) is 14.6. The lowest BCUT2D eigenvalue weighted by Gasteiger charge is -2.26. The molecule has 2 amide bonds. The molecule has 8 nitrogen and oxygen atoms in total. The molecule has 0 atom stereocenters. The highest BCUT2D eigenvalue weighted by Crippen LogP contribution is 2.37. The summed E-state index contributed by atoms with van der Waals surface area (Å²) >= 11 is 0. The monoisotopic (exact) mass is 414 g/mol. The van der Waals surface area contributed by atoms with Crippen LogP contribution in [0.4, 0.5) is 5.69 Å². The minimum absolute atomic E-state index is 0.0617. The van der Waals surface area contributed by atoms with Gasteiger partial charge in [-0.05, 0) is 37.6 Å². The highest BCUT2D eigenvalue weighted by molar-refractivity contribution is 6.14. The number of carbonyl (C=O) groups is 2. The molecule has 2 saturated heterocycles. The van der Waals surface area contributed by atoms with Crippen LogP contribution in [0.25, 0.3) is 10.9 Å². The number of nitrogens with zero attached hydrogens (tertiary/aromatic N) is 3. The zero-order chi connectivity index (χ0) is 21.1. The van der Waals surface area contributed by atoms with E-state index in [0.717, 1.165) is 56.6 Å². The van der Waals surface area contributed by atoms with Gasteiger partial charge in [0.1, 0.15) is 11.4 Å². The molecule has 3 heterocycles. The number of rotatable bonds is 7. The van der Waals surface area contributed by atoms with Crippen LogP contribution in [0.5, 0.6) is 5.75 Å². The molecule has 4 rings (SSSR count). The van der Waals surface area contributed by atoms with Crippen molar-refractivity contribution in [1.82, 2.24) is 14.8 Å². The Morgan fingerprint density at radius 2 is 2.03 bits per heavy atom. The first-order valence-electron chi connectivity index (χ1n) is 10.6. The molecule has 0 saturated carbocycles. The number of nitrogens with one attached hydrogen (secondary N) is 1. The van der Waals surface area contributed by atoms with Crippen LogP contribution in [0.1, 0.15) is 29.8 Å². The third-order valence-corrected chi connectivity index (χ3v) is 5.98. The van der Waals surface area contributed by atoms with Crippen LogP contribution >= 0.6 is 0 Å². The van der Waals surface area contributed by atoms with Crippen molar-refractivity contribution >= 4 is 28.4 Å². The first-order valence-corrected chi connectivity index (χ1v) is 10.6. The molecule has 2 fully saturated rings. The SMILES string of the molecule is COc1ccc2c(c1)c(N1CCCC1=O)c(C(=O)NCCCN1CCOCC1)n2C. The normalized spacial score (nSPS) is 17.7. The molecule has 1 aromatic heterocycles. The molecule has 0 radical (unpaired) electrons. The number of morpholine rings is 1.